The Kier molecular flexibility index (Phi) is 14.3. The van der Waals surface area contributed by atoms with Crippen molar-refractivity contribution in [1.29, 1.82) is 0 Å². The molecule has 6 amide bonds. The number of esters is 1. The van der Waals surface area contributed by atoms with E-state index < -0.39 is 64.6 Å². The SMILES string of the molecule is C=CC(=O)N1CC2(CCN(C(=O)N(C)[C@H](C(=O)N[C@H]3Cc4cc(O)cc(c4)-c4ccc5c(c4)c(c(-c4ccccc4CCOC)n5CC)CC(C)(C)COC(=O)[C@@H]4CCCN(N4)C3=O)C(C)C)C2=O)C1. The van der Waals surface area contributed by atoms with Gasteiger partial charge in [0.1, 0.15) is 23.9 Å². The number of likely N-dealkylation sites (N-methyl/N-ethyl adjacent to an activating group) is 1. The molecule has 1 spiro atoms. The molecule has 4 aliphatic heterocycles. The number of nitrogens with one attached hydrogen (secondary N) is 2. The molecule has 4 aromatic rings. The molecule has 4 aliphatic rings. The zero-order valence-corrected chi connectivity index (χ0v) is 41.5. The Morgan fingerprint density at radius 1 is 1.04 bits per heavy atom. The Bertz CT molecular complexity index is 2720. The van der Waals surface area contributed by atoms with Crippen LogP contribution in [0.3, 0.4) is 0 Å². The number of hydrogen-bond acceptors (Lipinski definition) is 10. The highest BCUT2D eigenvalue weighted by molar-refractivity contribution is 6.03. The summed E-state index contributed by atoms with van der Waals surface area (Å²) in [4.78, 5) is 87.4. The number of likely N-dealkylation sites (tertiary alicyclic amines) is 2. The molecule has 3 saturated heterocycles. The molecule has 16 nitrogen and oxygen atoms in total. The van der Waals surface area contributed by atoms with Crippen LogP contribution in [0.1, 0.15) is 70.6 Å². The predicted molar refractivity (Wildman–Crippen MR) is 265 cm³/mol. The Morgan fingerprint density at radius 2 is 1.80 bits per heavy atom. The molecule has 6 bridgehead atoms. The van der Waals surface area contributed by atoms with Gasteiger partial charge in [-0.05, 0) is 103 Å². The topological polar surface area (TPSA) is 183 Å². The van der Waals surface area contributed by atoms with Gasteiger partial charge >= 0.3 is 12.0 Å². The number of rotatable bonds is 10. The number of phenolic OH excluding ortho intramolecular Hbond substituents is 1. The van der Waals surface area contributed by atoms with Crippen LogP contribution in [-0.4, -0.2) is 137 Å². The normalized spacial score (nSPS) is 20.5. The number of nitrogens with zero attached hydrogens (tertiary/aromatic N) is 5. The summed E-state index contributed by atoms with van der Waals surface area (Å²) in [5.74, 6) is -2.78. The maximum Gasteiger partial charge on any atom is 0.327 e. The number of urea groups is 1. The first-order chi connectivity index (χ1) is 33.4. The maximum absolute atomic E-state index is 14.8. The highest BCUT2D eigenvalue weighted by atomic mass is 16.5. The first kappa shape index (κ1) is 49.9. The van der Waals surface area contributed by atoms with E-state index in [1.165, 1.54) is 27.9 Å². The first-order valence-electron chi connectivity index (χ1n) is 24.5. The third kappa shape index (κ3) is 9.67. The highest BCUT2D eigenvalue weighted by Crippen LogP contribution is 2.43. The molecule has 3 aromatic carbocycles. The number of amides is 6. The lowest BCUT2D eigenvalue weighted by Gasteiger charge is -2.46. The van der Waals surface area contributed by atoms with Crippen LogP contribution in [0.2, 0.25) is 0 Å². The number of ether oxygens (including phenoxy) is 2. The molecule has 0 aliphatic carbocycles. The van der Waals surface area contributed by atoms with Crippen molar-refractivity contribution in [1.82, 2.24) is 35.0 Å². The van der Waals surface area contributed by atoms with Crippen molar-refractivity contribution in [2.75, 3.05) is 53.6 Å². The van der Waals surface area contributed by atoms with Crippen molar-refractivity contribution in [3.8, 4) is 28.1 Å². The van der Waals surface area contributed by atoms with E-state index in [4.69, 9.17) is 9.47 Å². The van der Waals surface area contributed by atoms with Gasteiger partial charge in [-0.15, -0.1) is 0 Å². The number of aromatic nitrogens is 1. The van der Waals surface area contributed by atoms with E-state index in [9.17, 15) is 33.9 Å². The average Bonchev–Trinajstić information content (AvgIpc) is 3.83. The quantitative estimate of drug-likeness (QED) is 0.129. The van der Waals surface area contributed by atoms with Crippen LogP contribution in [0, 0.1) is 16.7 Å². The Hall–Kier alpha value is -6.52. The van der Waals surface area contributed by atoms with Crippen molar-refractivity contribution in [2.24, 2.45) is 16.7 Å². The van der Waals surface area contributed by atoms with Crippen LogP contribution in [0.4, 0.5) is 4.79 Å². The molecule has 5 heterocycles. The molecular formula is C54H67N7O9. The van der Waals surface area contributed by atoms with Crippen LogP contribution >= 0.6 is 0 Å². The molecule has 3 fully saturated rings. The van der Waals surface area contributed by atoms with Crippen LogP contribution in [0.15, 0.2) is 73.3 Å². The lowest BCUT2D eigenvalue weighted by molar-refractivity contribution is -0.155. The third-order valence-electron chi connectivity index (χ3n) is 14.5. The molecular weight excluding hydrogens is 891 g/mol. The minimum Gasteiger partial charge on any atom is -0.508 e. The third-order valence-corrected chi connectivity index (χ3v) is 14.5. The van der Waals surface area contributed by atoms with E-state index in [2.05, 4.69) is 73.0 Å². The van der Waals surface area contributed by atoms with Crippen LogP contribution in [0.5, 0.6) is 5.75 Å². The molecule has 8 rings (SSSR count). The van der Waals surface area contributed by atoms with E-state index in [-0.39, 0.29) is 50.9 Å². The molecule has 0 unspecified atom stereocenters. The number of imide groups is 1. The van der Waals surface area contributed by atoms with E-state index >= 15 is 0 Å². The Morgan fingerprint density at radius 3 is 2.51 bits per heavy atom. The fourth-order valence-electron chi connectivity index (χ4n) is 11.0. The van der Waals surface area contributed by atoms with E-state index in [1.54, 1.807) is 33.1 Å². The number of methoxy groups -OCH3 is 1. The van der Waals surface area contributed by atoms with E-state index in [0.717, 1.165) is 50.2 Å². The molecule has 3 N–H and O–H groups in total. The standard InChI is InChI=1S/C54H67N7O9/c1-9-45(63)58-30-54(31-58)20-22-60(51(54)67)52(68)57(7)46(33(3)4)48(64)55-43-26-34-24-37(27-38(62)25-34)36-17-18-44-40(28-36)41(47(59(44)10-2)39-15-12-11-14-35(39)19-23-69-8)29-53(5,6)32-70-50(66)42-16-13-21-61(56-42)49(43)65/h9,11-12,14-15,17-18,24-25,27-28,33,42-43,46,56,62H,1,10,13,16,19-23,26,29-32H2,2-8H3,(H,55,64)/t42-,43-,46-/m0/s1. The molecule has 1 aromatic heterocycles. The number of cyclic esters (lactones) is 1. The number of benzene rings is 3. The first-order valence-corrected chi connectivity index (χ1v) is 24.5. The molecule has 0 saturated carbocycles. The highest BCUT2D eigenvalue weighted by Gasteiger charge is 2.57. The minimum absolute atomic E-state index is 0.0273. The number of fused-ring (bicyclic) bond motifs is 6. The van der Waals surface area contributed by atoms with Crippen LogP contribution < -0.4 is 10.7 Å². The molecule has 3 atom stereocenters. The van der Waals surface area contributed by atoms with Gasteiger partial charge in [0.25, 0.3) is 5.91 Å². The van der Waals surface area contributed by atoms with Crippen molar-refractivity contribution in [3.05, 3.63) is 90.0 Å². The second kappa shape index (κ2) is 20.1. The fourth-order valence-corrected chi connectivity index (χ4v) is 11.0. The lowest BCUT2D eigenvalue weighted by Crippen LogP contribution is -2.63. The number of aryl methyl sites for hydroxylation is 1. The summed E-state index contributed by atoms with van der Waals surface area (Å²) in [6.07, 6.45) is 3.73. The predicted octanol–water partition coefficient (Wildman–Crippen LogP) is 5.86. The summed E-state index contributed by atoms with van der Waals surface area (Å²) >= 11 is 0. The molecule has 70 heavy (non-hydrogen) atoms. The van der Waals surface area contributed by atoms with Gasteiger partial charge in [-0.1, -0.05) is 70.7 Å². The van der Waals surface area contributed by atoms with Crippen molar-refractivity contribution in [2.45, 2.75) is 97.8 Å². The number of aromatic hydroxyl groups is 1. The fraction of sp³-hybridized carbons (Fsp3) is 0.481. The minimum atomic E-state index is -1.22. The summed E-state index contributed by atoms with van der Waals surface area (Å²) in [5.41, 5.74) is 9.29. The Balaban J connectivity index is 1.16. The van der Waals surface area contributed by atoms with E-state index in [0.29, 0.717) is 50.0 Å². The molecule has 16 heteroatoms. The van der Waals surface area contributed by atoms with Gasteiger partial charge in [0.05, 0.1) is 24.3 Å². The zero-order valence-electron chi connectivity index (χ0n) is 41.5. The van der Waals surface area contributed by atoms with Crippen LogP contribution in [-0.2, 0) is 59.3 Å². The zero-order chi connectivity index (χ0) is 50.2. The van der Waals surface area contributed by atoms with Gasteiger partial charge in [-0.3, -0.25) is 33.9 Å². The maximum atomic E-state index is 14.8. The van der Waals surface area contributed by atoms with Gasteiger partial charge in [-0.2, -0.15) is 0 Å². The smallest absolute Gasteiger partial charge is 0.327 e. The van der Waals surface area contributed by atoms with Gasteiger partial charge in [-0.25, -0.2) is 10.2 Å². The van der Waals surface area contributed by atoms with Gasteiger partial charge < -0.3 is 34.3 Å². The Labute approximate surface area is 409 Å². The summed E-state index contributed by atoms with van der Waals surface area (Å²) in [7, 11) is 3.17. The molecule has 0 radical (unpaired) electrons. The van der Waals surface area contributed by atoms with Gasteiger partial charge in [0, 0.05) is 75.2 Å². The van der Waals surface area contributed by atoms with Crippen LogP contribution in [0.25, 0.3) is 33.3 Å². The van der Waals surface area contributed by atoms with Gasteiger partial charge in [0.2, 0.25) is 17.7 Å². The van der Waals surface area contributed by atoms with Gasteiger partial charge in [0.15, 0.2) is 0 Å². The molecule has 372 valence electrons. The number of carbonyl (C=O) groups is 6. The number of hydrazine groups is 1. The van der Waals surface area contributed by atoms with Crippen molar-refractivity contribution >= 4 is 46.5 Å². The number of phenols is 1. The monoisotopic (exact) mass is 958 g/mol. The summed E-state index contributed by atoms with van der Waals surface area (Å²) in [5, 5.41) is 16.7. The second-order valence-electron chi connectivity index (χ2n) is 20.6. The summed E-state index contributed by atoms with van der Waals surface area (Å²) in [6, 6.07) is 16.0. The second-order valence-corrected chi connectivity index (χ2v) is 20.6. The lowest BCUT2D eigenvalue weighted by atomic mass is 9.78. The summed E-state index contributed by atoms with van der Waals surface area (Å²) < 4.78 is 14.0. The van der Waals surface area contributed by atoms with Crippen molar-refractivity contribution < 1.29 is 43.3 Å². The van der Waals surface area contributed by atoms with E-state index in [1.807, 2.05) is 18.2 Å². The number of hydrogen-bond donors (Lipinski definition) is 3. The van der Waals surface area contributed by atoms with Crippen molar-refractivity contribution in [3.63, 3.8) is 0 Å². The largest absolute Gasteiger partial charge is 0.508 e. The number of carbonyl (C=O) groups excluding carboxylic acids is 6. The average molecular weight is 958 g/mol. The summed E-state index contributed by atoms with van der Waals surface area (Å²) in [6.45, 7) is 15.5.